The van der Waals surface area contributed by atoms with E-state index in [1.165, 1.54) is 18.4 Å². The van der Waals surface area contributed by atoms with E-state index in [9.17, 15) is 0 Å². The highest BCUT2D eigenvalue weighted by molar-refractivity contribution is 5.40. The predicted molar refractivity (Wildman–Crippen MR) is 93.0 cm³/mol. The Morgan fingerprint density at radius 3 is 2.58 bits per heavy atom. The van der Waals surface area contributed by atoms with Gasteiger partial charge in [0, 0.05) is 24.7 Å². The van der Waals surface area contributed by atoms with Gasteiger partial charge in [0.25, 0.3) is 0 Å². The Bertz CT molecular complexity index is 748. The van der Waals surface area contributed by atoms with Crippen LogP contribution in [0.5, 0.6) is 11.5 Å². The van der Waals surface area contributed by atoms with Crippen LogP contribution in [-0.4, -0.2) is 25.2 Å². The average Bonchev–Trinajstić information content (AvgIpc) is 3.46. The SMILES string of the molecule is COc1ccc(OC)c(CN(Cc2cccc(C#N)c2)C2CC2)c1. The lowest BCUT2D eigenvalue weighted by molar-refractivity contribution is 0.241. The molecule has 1 saturated carbocycles. The van der Waals surface area contributed by atoms with Crippen LogP contribution in [-0.2, 0) is 13.1 Å². The number of hydrogen-bond donors (Lipinski definition) is 0. The molecular formula is C20H22N2O2. The quantitative estimate of drug-likeness (QED) is 0.779. The molecule has 1 aliphatic carbocycles. The zero-order chi connectivity index (χ0) is 16.9. The third kappa shape index (κ3) is 3.87. The molecule has 0 N–H and O–H groups in total. The van der Waals surface area contributed by atoms with Crippen molar-refractivity contribution in [2.24, 2.45) is 0 Å². The van der Waals surface area contributed by atoms with Gasteiger partial charge in [-0.2, -0.15) is 5.26 Å². The number of hydrogen-bond acceptors (Lipinski definition) is 4. The molecule has 0 bridgehead atoms. The molecule has 0 spiro atoms. The minimum atomic E-state index is 0.603. The second-order valence-electron chi connectivity index (χ2n) is 6.13. The van der Waals surface area contributed by atoms with Gasteiger partial charge in [-0.05, 0) is 48.7 Å². The predicted octanol–water partition coefficient (Wildman–Crippen LogP) is 3.74. The molecule has 4 nitrogen and oxygen atoms in total. The van der Waals surface area contributed by atoms with Crippen LogP contribution in [0, 0.1) is 11.3 Å². The summed E-state index contributed by atoms with van der Waals surface area (Å²) in [5.74, 6) is 1.72. The fraction of sp³-hybridized carbons (Fsp3) is 0.350. The molecule has 0 unspecified atom stereocenters. The number of nitrogens with zero attached hydrogens (tertiary/aromatic N) is 2. The fourth-order valence-corrected chi connectivity index (χ4v) is 2.95. The first-order valence-electron chi connectivity index (χ1n) is 8.17. The summed E-state index contributed by atoms with van der Waals surface area (Å²) in [6.07, 6.45) is 2.45. The van der Waals surface area contributed by atoms with Crippen molar-refractivity contribution < 1.29 is 9.47 Å². The van der Waals surface area contributed by atoms with Gasteiger partial charge in [-0.25, -0.2) is 0 Å². The molecule has 3 rings (SSSR count). The molecule has 0 heterocycles. The molecule has 4 heteroatoms. The molecule has 1 fully saturated rings. The lowest BCUT2D eigenvalue weighted by Gasteiger charge is -2.23. The third-order valence-corrected chi connectivity index (χ3v) is 4.37. The van der Waals surface area contributed by atoms with Crippen LogP contribution < -0.4 is 9.47 Å². The van der Waals surface area contributed by atoms with Gasteiger partial charge in [-0.15, -0.1) is 0 Å². The molecule has 0 saturated heterocycles. The normalized spacial score (nSPS) is 13.6. The lowest BCUT2D eigenvalue weighted by Crippen LogP contribution is -2.25. The van der Waals surface area contributed by atoms with Crippen molar-refractivity contribution in [1.29, 1.82) is 5.26 Å². The number of benzene rings is 2. The van der Waals surface area contributed by atoms with E-state index in [1.807, 2.05) is 36.4 Å². The van der Waals surface area contributed by atoms with E-state index in [2.05, 4.69) is 17.0 Å². The van der Waals surface area contributed by atoms with Crippen LogP contribution >= 0.6 is 0 Å². The van der Waals surface area contributed by atoms with Crippen molar-refractivity contribution in [2.45, 2.75) is 32.0 Å². The average molecular weight is 322 g/mol. The van der Waals surface area contributed by atoms with Crippen molar-refractivity contribution in [3.8, 4) is 17.6 Å². The Labute approximate surface area is 143 Å². The highest BCUT2D eigenvalue weighted by Gasteiger charge is 2.29. The third-order valence-electron chi connectivity index (χ3n) is 4.37. The van der Waals surface area contributed by atoms with Crippen molar-refractivity contribution in [3.05, 3.63) is 59.2 Å². The van der Waals surface area contributed by atoms with Crippen LogP contribution in [0.15, 0.2) is 42.5 Å². The van der Waals surface area contributed by atoms with E-state index >= 15 is 0 Å². The Hall–Kier alpha value is -2.51. The summed E-state index contributed by atoms with van der Waals surface area (Å²) in [7, 11) is 3.38. The molecule has 2 aromatic rings. The zero-order valence-corrected chi connectivity index (χ0v) is 14.2. The van der Waals surface area contributed by atoms with Gasteiger partial charge in [0.1, 0.15) is 11.5 Å². The maximum atomic E-state index is 9.08. The monoisotopic (exact) mass is 322 g/mol. The fourth-order valence-electron chi connectivity index (χ4n) is 2.95. The summed E-state index contributed by atoms with van der Waals surface area (Å²) < 4.78 is 10.9. The maximum Gasteiger partial charge on any atom is 0.123 e. The van der Waals surface area contributed by atoms with Gasteiger partial charge >= 0.3 is 0 Å². The Morgan fingerprint density at radius 2 is 1.92 bits per heavy atom. The van der Waals surface area contributed by atoms with Crippen LogP contribution in [0.3, 0.4) is 0 Å². The molecule has 2 aromatic carbocycles. The summed E-state index contributed by atoms with van der Waals surface area (Å²) >= 11 is 0. The number of rotatable bonds is 7. The van der Waals surface area contributed by atoms with Crippen LogP contribution in [0.1, 0.15) is 29.5 Å². The molecule has 0 aromatic heterocycles. The van der Waals surface area contributed by atoms with E-state index in [4.69, 9.17) is 14.7 Å². The van der Waals surface area contributed by atoms with Gasteiger partial charge in [-0.3, -0.25) is 4.90 Å². The Kier molecular flexibility index (Phi) is 5.02. The molecule has 24 heavy (non-hydrogen) atoms. The lowest BCUT2D eigenvalue weighted by atomic mass is 10.1. The van der Waals surface area contributed by atoms with E-state index in [0.717, 1.165) is 30.2 Å². The van der Waals surface area contributed by atoms with Crippen LogP contribution in [0.2, 0.25) is 0 Å². The summed E-state index contributed by atoms with van der Waals surface area (Å²) in [6.45, 7) is 1.64. The highest BCUT2D eigenvalue weighted by atomic mass is 16.5. The first kappa shape index (κ1) is 16.4. The summed E-state index contributed by atoms with van der Waals surface area (Å²) in [4.78, 5) is 2.45. The molecule has 0 aliphatic heterocycles. The largest absolute Gasteiger partial charge is 0.497 e. The topological polar surface area (TPSA) is 45.5 Å². The number of methoxy groups -OCH3 is 2. The van der Waals surface area contributed by atoms with Gasteiger partial charge < -0.3 is 9.47 Å². The van der Waals surface area contributed by atoms with Crippen molar-refractivity contribution in [1.82, 2.24) is 4.90 Å². The summed E-state index contributed by atoms with van der Waals surface area (Å²) in [5.41, 5.74) is 3.00. The van der Waals surface area contributed by atoms with Crippen molar-refractivity contribution in [2.75, 3.05) is 14.2 Å². The molecule has 124 valence electrons. The van der Waals surface area contributed by atoms with E-state index in [0.29, 0.717) is 11.6 Å². The standard InChI is InChI=1S/C20H22N2O2/c1-23-19-8-9-20(24-2)17(11-19)14-22(18-6-7-18)13-16-5-3-4-15(10-16)12-21/h3-5,8-11,18H,6-7,13-14H2,1-2H3. The van der Waals surface area contributed by atoms with E-state index in [1.54, 1.807) is 14.2 Å². The van der Waals surface area contributed by atoms with Crippen molar-refractivity contribution in [3.63, 3.8) is 0 Å². The van der Waals surface area contributed by atoms with E-state index in [-0.39, 0.29) is 0 Å². The van der Waals surface area contributed by atoms with Gasteiger partial charge in [0.05, 0.1) is 25.9 Å². The minimum absolute atomic E-state index is 0.603. The van der Waals surface area contributed by atoms with Gasteiger partial charge in [0.2, 0.25) is 0 Å². The molecule has 1 aliphatic rings. The first-order chi connectivity index (χ1) is 11.7. The minimum Gasteiger partial charge on any atom is -0.497 e. The van der Waals surface area contributed by atoms with Gasteiger partial charge in [-0.1, -0.05) is 12.1 Å². The number of ether oxygens (including phenoxy) is 2. The zero-order valence-electron chi connectivity index (χ0n) is 14.2. The highest BCUT2D eigenvalue weighted by Crippen LogP contribution is 2.33. The molecule has 0 amide bonds. The van der Waals surface area contributed by atoms with Crippen LogP contribution in [0.4, 0.5) is 0 Å². The first-order valence-corrected chi connectivity index (χ1v) is 8.17. The van der Waals surface area contributed by atoms with Gasteiger partial charge in [0.15, 0.2) is 0 Å². The molecular weight excluding hydrogens is 300 g/mol. The second-order valence-corrected chi connectivity index (χ2v) is 6.13. The Morgan fingerprint density at radius 1 is 1.08 bits per heavy atom. The maximum absolute atomic E-state index is 9.08. The molecule has 0 atom stereocenters. The van der Waals surface area contributed by atoms with Crippen molar-refractivity contribution >= 4 is 0 Å². The molecule has 0 radical (unpaired) electrons. The summed E-state index contributed by atoms with van der Waals surface area (Å²) in [6, 6.07) is 16.6. The van der Waals surface area contributed by atoms with Crippen LogP contribution in [0.25, 0.3) is 0 Å². The van der Waals surface area contributed by atoms with E-state index < -0.39 is 0 Å². The Balaban J connectivity index is 1.81. The smallest absolute Gasteiger partial charge is 0.123 e. The second kappa shape index (κ2) is 7.37. The summed E-state index contributed by atoms with van der Waals surface area (Å²) in [5, 5.41) is 9.08. The number of nitriles is 1.